The topological polar surface area (TPSA) is 113 Å². The molecule has 0 aliphatic carbocycles. The molecule has 1 fully saturated rings. The van der Waals surface area contributed by atoms with E-state index in [4.69, 9.17) is 14.9 Å². The highest BCUT2D eigenvalue weighted by Gasteiger charge is 2.38. The number of aliphatic hydroxyl groups is 2. The monoisotopic (exact) mass is 266 g/mol. The van der Waals surface area contributed by atoms with E-state index in [1.807, 2.05) is 0 Å². The van der Waals surface area contributed by atoms with Gasteiger partial charge in [-0.05, 0) is 0 Å². The highest BCUT2D eigenvalue weighted by molar-refractivity contribution is 5.76. The van der Waals surface area contributed by atoms with Gasteiger partial charge in [0.1, 0.15) is 12.7 Å². The summed E-state index contributed by atoms with van der Waals surface area (Å²) in [4.78, 5) is 21.3. The molecular weight excluding hydrogens is 251 g/mol. The van der Waals surface area contributed by atoms with Gasteiger partial charge >= 0.3 is 11.9 Å². The number of alkyl halides is 1. The van der Waals surface area contributed by atoms with Gasteiger partial charge in [0.05, 0.1) is 18.9 Å². The third-order valence-electron chi connectivity index (χ3n) is 2.45. The number of carboxylic acids is 1. The van der Waals surface area contributed by atoms with Crippen molar-refractivity contribution in [3.8, 4) is 0 Å². The van der Waals surface area contributed by atoms with Crippen LogP contribution in [0.1, 0.15) is 19.3 Å². The Labute approximate surface area is 102 Å². The van der Waals surface area contributed by atoms with Crippen molar-refractivity contribution in [1.82, 2.24) is 0 Å². The molecule has 7 nitrogen and oxygen atoms in total. The van der Waals surface area contributed by atoms with Gasteiger partial charge in [-0.2, -0.15) is 0 Å². The maximum absolute atomic E-state index is 13.4. The number of rotatable bonds is 5. The normalized spacial score (nSPS) is 31.9. The lowest BCUT2D eigenvalue weighted by atomic mass is 10.0. The molecule has 1 aliphatic heterocycles. The summed E-state index contributed by atoms with van der Waals surface area (Å²) >= 11 is 0. The largest absolute Gasteiger partial charge is 0.481 e. The first-order valence-electron chi connectivity index (χ1n) is 5.43. The van der Waals surface area contributed by atoms with Crippen LogP contribution in [0.5, 0.6) is 0 Å². The van der Waals surface area contributed by atoms with Crippen LogP contribution in [0.25, 0.3) is 0 Å². The van der Waals surface area contributed by atoms with Gasteiger partial charge in [0, 0.05) is 6.42 Å². The van der Waals surface area contributed by atoms with Crippen molar-refractivity contribution in [2.45, 2.75) is 43.9 Å². The van der Waals surface area contributed by atoms with E-state index in [0.29, 0.717) is 0 Å². The Morgan fingerprint density at radius 2 is 2.00 bits per heavy atom. The molecule has 3 unspecified atom stereocenters. The lowest BCUT2D eigenvalue weighted by Crippen LogP contribution is -2.48. The zero-order chi connectivity index (χ0) is 13.7. The molecular formula is C10H15FO7. The van der Waals surface area contributed by atoms with Crippen molar-refractivity contribution < 1.29 is 38.8 Å². The fourth-order valence-electron chi connectivity index (χ4n) is 1.50. The Hall–Kier alpha value is -1.25. The Bertz CT molecular complexity index is 309. The summed E-state index contributed by atoms with van der Waals surface area (Å²) in [5.74, 6) is -1.95. The van der Waals surface area contributed by atoms with Crippen molar-refractivity contribution in [2.24, 2.45) is 0 Å². The van der Waals surface area contributed by atoms with Crippen molar-refractivity contribution in [3.63, 3.8) is 0 Å². The fraction of sp³-hybridized carbons (Fsp3) is 0.800. The molecule has 8 heteroatoms. The van der Waals surface area contributed by atoms with Crippen molar-refractivity contribution in [2.75, 3.05) is 6.61 Å². The molecule has 0 aromatic heterocycles. The molecule has 0 aromatic rings. The quantitative estimate of drug-likeness (QED) is 0.558. The second-order valence-electron chi connectivity index (χ2n) is 3.95. The minimum atomic E-state index is -1.76. The van der Waals surface area contributed by atoms with E-state index in [-0.39, 0.29) is 19.3 Å². The number of hydrogen-bond donors (Lipinski definition) is 3. The highest BCUT2D eigenvalue weighted by Crippen LogP contribution is 2.22. The van der Waals surface area contributed by atoms with Gasteiger partial charge < -0.3 is 24.8 Å². The number of carbonyl (C=O) groups excluding carboxylic acids is 1. The predicted molar refractivity (Wildman–Crippen MR) is 54.2 cm³/mol. The number of hydrogen-bond acceptors (Lipinski definition) is 6. The number of carboxylic acid groups (broad SMARTS) is 1. The smallest absolute Gasteiger partial charge is 0.306 e. The number of carbonyl (C=O) groups is 2. The zero-order valence-corrected chi connectivity index (χ0v) is 9.49. The van der Waals surface area contributed by atoms with E-state index in [1.54, 1.807) is 0 Å². The number of halogens is 1. The van der Waals surface area contributed by atoms with Gasteiger partial charge in [0.2, 0.25) is 0 Å². The third-order valence-corrected chi connectivity index (χ3v) is 2.45. The summed E-state index contributed by atoms with van der Waals surface area (Å²) in [5, 5.41) is 26.7. The standard InChI is InChI=1S/C10H15FO7/c11-10-5(12)3-9(16)18-6(10)4-17-8(15)2-1-7(13)14/h5-6,9-10,12,16H,1-4H2,(H,13,14)/t5?,6?,9?,10-/m0/s1. The Morgan fingerprint density at radius 1 is 1.33 bits per heavy atom. The molecule has 0 aromatic carbocycles. The van der Waals surface area contributed by atoms with Crippen LogP contribution < -0.4 is 0 Å². The molecule has 4 atom stereocenters. The van der Waals surface area contributed by atoms with Crippen LogP contribution in [0.3, 0.4) is 0 Å². The second-order valence-corrected chi connectivity index (χ2v) is 3.95. The van der Waals surface area contributed by atoms with Crippen LogP contribution in [0.4, 0.5) is 4.39 Å². The molecule has 1 aliphatic rings. The average molecular weight is 266 g/mol. The van der Waals surface area contributed by atoms with Gasteiger partial charge in [-0.1, -0.05) is 0 Å². The van der Waals surface area contributed by atoms with Gasteiger partial charge in [-0.25, -0.2) is 4.39 Å². The summed E-state index contributed by atoms with van der Waals surface area (Å²) in [6.07, 6.45) is -6.66. The summed E-state index contributed by atoms with van der Waals surface area (Å²) in [5.41, 5.74) is 0. The number of ether oxygens (including phenoxy) is 2. The van der Waals surface area contributed by atoms with Crippen LogP contribution in [0, 0.1) is 0 Å². The first-order valence-corrected chi connectivity index (χ1v) is 5.43. The summed E-state index contributed by atoms with van der Waals surface area (Å²) in [6.45, 7) is -0.478. The molecule has 1 rings (SSSR count). The predicted octanol–water partition coefficient (Wildman–Crippen LogP) is -0.799. The maximum atomic E-state index is 13.4. The van der Waals surface area contributed by atoms with E-state index < -0.39 is 43.2 Å². The SMILES string of the molecule is O=C(O)CCC(=O)OCC1OC(O)CC(O)[C@@H]1F. The second kappa shape index (κ2) is 6.62. The zero-order valence-electron chi connectivity index (χ0n) is 9.49. The summed E-state index contributed by atoms with van der Waals surface area (Å²) in [6, 6.07) is 0. The van der Waals surface area contributed by atoms with Gasteiger partial charge in [-0.15, -0.1) is 0 Å². The number of aliphatic carboxylic acids is 1. The molecule has 1 saturated heterocycles. The minimum Gasteiger partial charge on any atom is -0.481 e. The Balaban J connectivity index is 2.33. The van der Waals surface area contributed by atoms with Crippen LogP contribution >= 0.6 is 0 Å². The molecule has 0 bridgehead atoms. The van der Waals surface area contributed by atoms with E-state index in [9.17, 15) is 19.1 Å². The number of aliphatic hydroxyl groups excluding tert-OH is 2. The fourth-order valence-corrected chi connectivity index (χ4v) is 1.50. The van der Waals surface area contributed by atoms with Gasteiger partial charge in [0.25, 0.3) is 0 Å². The summed E-state index contributed by atoms with van der Waals surface area (Å²) < 4.78 is 22.8. The Kier molecular flexibility index (Phi) is 5.45. The van der Waals surface area contributed by atoms with Crippen molar-refractivity contribution >= 4 is 11.9 Å². The molecule has 104 valence electrons. The lowest BCUT2D eigenvalue weighted by Gasteiger charge is -2.33. The van der Waals surface area contributed by atoms with E-state index in [1.165, 1.54) is 0 Å². The van der Waals surface area contributed by atoms with Crippen LogP contribution in [0.2, 0.25) is 0 Å². The molecule has 0 radical (unpaired) electrons. The van der Waals surface area contributed by atoms with E-state index in [2.05, 4.69) is 4.74 Å². The number of esters is 1. The average Bonchev–Trinajstić information content (AvgIpc) is 2.29. The van der Waals surface area contributed by atoms with Crippen molar-refractivity contribution in [1.29, 1.82) is 0 Å². The molecule has 0 spiro atoms. The molecule has 0 amide bonds. The van der Waals surface area contributed by atoms with Gasteiger partial charge in [0.15, 0.2) is 12.5 Å². The van der Waals surface area contributed by atoms with Gasteiger partial charge in [-0.3, -0.25) is 9.59 Å². The molecule has 18 heavy (non-hydrogen) atoms. The first kappa shape index (κ1) is 14.8. The third kappa shape index (κ3) is 4.55. The molecule has 3 N–H and O–H groups in total. The van der Waals surface area contributed by atoms with E-state index in [0.717, 1.165) is 0 Å². The lowest BCUT2D eigenvalue weighted by molar-refractivity contribution is -0.228. The van der Waals surface area contributed by atoms with E-state index >= 15 is 0 Å². The van der Waals surface area contributed by atoms with Crippen molar-refractivity contribution in [3.05, 3.63) is 0 Å². The van der Waals surface area contributed by atoms with Crippen LogP contribution in [-0.4, -0.2) is 58.5 Å². The van der Waals surface area contributed by atoms with Crippen LogP contribution in [0.15, 0.2) is 0 Å². The Morgan fingerprint density at radius 3 is 2.61 bits per heavy atom. The maximum Gasteiger partial charge on any atom is 0.306 e. The molecule has 1 heterocycles. The highest BCUT2D eigenvalue weighted by atomic mass is 19.1. The molecule has 0 saturated carbocycles. The summed E-state index contributed by atoms with van der Waals surface area (Å²) in [7, 11) is 0. The van der Waals surface area contributed by atoms with Crippen LogP contribution in [-0.2, 0) is 19.1 Å². The minimum absolute atomic E-state index is 0.245. The first-order chi connectivity index (χ1) is 8.40.